The van der Waals surface area contributed by atoms with Crippen LogP contribution in [0.5, 0.6) is 0 Å². The molecule has 174 valence electrons. The minimum absolute atomic E-state index is 0.00323. The minimum atomic E-state index is -3.83. The zero-order chi connectivity index (χ0) is 24.3. The molecule has 0 saturated heterocycles. The first-order valence-corrected chi connectivity index (χ1v) is 12.7. The molecule has 0 unspecified atom stereocenters. The van der Waals surface area contributed by atoms with Crippen LogP contribution in [-0.4, -0.2) is 18.5 Å². The number of nitrogens with one attached hydrogen (secondary N) is 4. The maximum Gasteiger partial charge on any atom is 0.263 e. The van der Waals surface area contributed by atoms with Crippen molar-refractivity contribution in [3.63, 3.8) is 0 Å². The molecular formula is C26H21N5O2S2. The van der Waals surface area contributed by atoms with Crippen LogP contribution >= 0.6 is 12.2 Å². The fourth-order valence-electron chi connectivity index (χ4n) is 3.69. The van der Waals surface area contributed by atoms with Crippen molar-refractivity contribution < 1.29 is 8.42 Å². The van der Waals surface area contributed by atoms with Crippen LogP contribution in [-0.2, 0) is 10.0 Å². The molecule has 0 bridgehead atoms. The number of pyridine rings is 1. The number of hydrogen-bond donors (Lipinski definition) is 4. The van der Waals surface area contributed by atoms with Crippen LogP contribution in [0, 0.1) is 0 Å². The van der Waals surface area contributed by atoms with Gasteiger partial charge in [0.05, 0.1) is 27.3 Å². The zero-order valence-corrected chi connectivity index (χ0v) is 20.0. The smallest absolute Gasteiger partial charge is 0.263 e. The Kier molecular flexibility index (Phi) is 6.17. The number of nitrogens with zero attached hydrogens (tertiary/aromatic N) is 1. The second-order valence-electron chi connectivity index (χ2n) is 7.72. The summed E-state index contributed by atoms with van der Waals surface area (Å²) < 4.78 is 27.9. The van der Waals surface area contributed by atoms with Crippen molar-refractivity contribution in [1.82, 2.24) is 9.71 Å². The monoisotopic (exact) mass is 499 g/mol. The zero-order valence-electron chi connectivity index (χ0n) is 18.4. The van der Waals surface area contributed by atoms with Crippen molar-refractivity contribution >= 4 is 66.2 Å². The summed E-state index contributed by atoms with van der Waals surface area (Å²) in [5, 5.41) is 4.80. The van der Waals surface area contributed by atoms with E-state index < -0.39 is 10.0 Å². The van der Waals surface area contributed by atoms with E-state index in [2.05, 4.69) is 20.9 Å². The fourth-order valence-corrected chi connectivity index (χ4v) is 5.04. The number of sulfonamides is 1. The van der Waals surface area contributed by atoms with Crippen molar-refractivity contribution in [2.45, 2.75) is 4.90 Å². The SMILES string of the molecule is O=S(=O)(NC(=S)Nc1ccccc1)c1ccc(NNc2c3ccccc3nc3ccccc23)cc1. The van der Waals surface area contributed by atoms with Gasteiger partial charge in [-0.2, -0.15) is 0 Å². The Morgan fingerprint density at radius 3 is 1.86 bits per heavy atom. The number of hydrogen-bond acceptors (Lipinski definition) is 6. The second kappa shape index (κ2) is 9.57. The van der Waals surface area contributed by atoms with Gasteiger partial charge in [-0.1, -0.05) is 54.6 Å². The number of thiocarbonyl (C=S) groups is 1. The van der Waals surface area contributed by atoms with Gasteiger partial charge in [-0.05, 0) is 60.7 Å². The lowest BCUT2D eigenvalue weighted by atomic mass is 10.1. The topological polar surface area (TPSA) is 95.2 Å². The highest BCUT2D eigenvalue weighted by Gasteiger charge is 2.16. The summed E-state index contributed by atoms with van der Waals surface area (Å²) in [5.41, 5.74) is 10.5. The van der Waals surface area contributed by atoms with E-state index in [0.717, 1.165) is 27.5 Å². The van der Waals surface area contributed by atoms with Gasteiger partial charge < -0.3 is 10.7 Å². The van der Waals surface area contributed by atoms with Gasteiger partial charge in [-0.3, -0.25) is 10.1 Å². The Morgan fingerprint density at radius 1 is 0.657 bits per heavy atom. The van der Waals surface area contributed by atoms with Crippen molar-refractivity contribution in [3.05, 3.63) is 103 Å². The lowest BCUT2D eigenvalue weighted by Crippen LogP contribution is -2.34. The number of aromatic nitrogens is 1. The maximum absolute atomic E-state index is 12.7. The van der Waals surface area contributed by atoms with E-state index in [0.29, 0.717) is 11.4 Å². The largest absolute Gasteiger partial charge is 0.332 e. The lowest BCUT2D eigenvalue weighted by molar-refractivity contribution is 0.593. The predicted molar refractivity (Wildman–Crippen MR) is 146 cm³/mol. The predicted octanol–water partition coefficient (Wildman–Crippen LogP) is 5.50. The van der Waals surface area contributed by atoms with E-state index >= 15 is 0 Å². The van der Waals surface area contributed by atoms with Gasteiger partial charge in [0.1, 0.15) is 0 Å². The first kappa shape index (κ1) is 22.6. The van der Waals surface area contributed by atoms with E-state index in [1.165, 1.54) is 12.1 Å². The van der Waals surface area contributed by atoms with Gasteiger partial charge in [0.15, 0.2) is 5.11 Å². The molecule has 5 aromatic rings. The highest BCUT2D eigenvalue weighted by Crippen LogP contribution is 2.30. The standard InChI is InChI=1S/C26H21N5O2S2/c32-35(33,31-26(34)27-18-8-2-1-3-9-18)20-16-14-19(15-17-20)29-30-25-21-10-4-6-12-23(21)28-24-13-7-5-11-22(24)25/h1-17,29H,(H,28,30)(H2,27,31,34). The molecule has 0 amide bonds. The van der Waals surface area contributed by atoms with Crippen molar-refractivity contribution in [3.8, 4) is 0 Å². The van der Waals surface area contributed by atoms with Crippen LogP contribution in [0.25, 0.3) is 21.8 Å². The third kappa shape index (κ3) is 5.01. The van der Waals surface area contributed by atoms with Crippen LogP contribution in [0.4, 0.5) is 17.1 Å². The number of para-hydroxylation sites is 3. The number of benzene rings is 4. The molecule has 1 heterocycles. The Bertz CT molecular complexity index is 1570. The van der Waals surface area contributed by atoms with Gasteiger partial charge >= 0.3 is 0 Å². The summed E-state index contributed by atoms with van der Waals surface area (Å²) in [6, 6.07) is 31.3. The van der Waals surface area contributed by atoms with Crippen LogP contribution in [0.3, 0.4) is 0 Å². The second-order valence-corrected chi connectivity index (χ2v) is 9.81. The normalized spacial score (nSPS) is 11.2. The highest BCUT2D eigenvalue weighted by atomic mass is 32.2. The van der Waals surface area contributed by atoms with Crippen molar-refractivity contribution in [1.29, 1.82) is 0 Å². The molecule has 5 rings (SSSR count). The maximum atomic E-state index is 12.7. The van der Waals surface area contributed by atoms with Crippen LogP contribution < -0.4 is 20.9 Å². The van der Waals surface area contributed by atoms with Gasteiger partial charge in [0.25, 0.3) is 10.0 Å². The molecule has 4 aromatic carbocycles. The summed E-state index contributed by atoms with van der Waals surface area (Å²) in [4.78, 5) is 4.82. The molecule has 0 saturated carbocycles. The lowest BCUT2D eigenvalue weighted by Gasteiger charge is -2.15. The van der Waals surface area contributed by atoms with E-state index in [1.807, 2.05) is 66.7 Å². The molecule has 9 heteroatoms. The number of hydrazine groups is 1. The first-order chi connectivity index (χ1) is 17.0. The Hall–Kier alpha value is -4.21. The molecular weight excluding hydrogens is 478 g/mol. The quantitative estimate of drug-likeness (QED) is 0.139. The van der Waals surface area contributed by atoms with Gasteiger partial charge in [0, 0.05) is 16.5 Å². The summed E-state index contributed by atoms with van der Waals surface area (Å²) in [7, 11) is -3.83. The molecule has 0 atom stereocenters. The molecule has 1 aromatic heterocycles. The van der Waals surface area contributed by atoms with Crippen LogP contribution in [0.2, 0.25) is 0 Å². The summed E-state index contributed by atoms with van der Waals surface area (Å²) >= 11 is 5.15. The van der Waals surface area contributed by atoms with E-state index in [1.54, 1.807) is 24.3 Å². The van der Waals surface area contributed by atoms with Crippen LogP contribution in [0.15, 0.2) is 108 Å². The number of fused-ring (bicyclic) bond motifs is 2. The molecule has 7 nitrogen and oxygen atoms in total. The third-order valence-corrected chi connectivity index (χ3v) is 7.04. The van der Waals surface area contributed by atoms with Gasteiger partial charge in [0.2, 0.25) is 0 Å². The van der Waals surface area contributed by atoms with Crippen molar-refractivity contribution in [2.24, 2.45) is 0 Å². The molecule has 0 aliphatic rings. The van der Waals surface area contributed by atoms with Crippen LogP contribution in [0.1, 0.15) is 0 Å². The van der Waals surface area contributed by atoms with E-state index in [-0.39, 0.29) is 10.0 Å². The van der Waals surface area contributed by atoms with Crippen molar-refractivity contribution in [2.75, 3.05) is 16.2 Å². The Balaban J connectivity index is 1.32. The molecule has 0 spiro atoms. The summed E-state index contributed by atoms with van der Waals surface area (Å²) in [5.74, 6) is 0. The average molecular weight is 500 g/mol. The average Bonchev–Trinajstić information content (AvgIpc) is 2.87. The molecule has 0 aliphatic carbocycles. The molecule has 0 aliphatic heterocycles. The third-order valence-electron chi connectivity index (χ3n) is 5.34. The molecule has 0 fully saturated rings. The number of anilines is 3. The Labute approximate surface area is 208 Å². The molecule has 0 radical (unpaired) electrons. The first-order valence-electron chi connectivity index (χ1n) is 10.8. The minimum Gasteiger partial charge on any atom is -0.332 e. The van der Waals surface area contributed by atoms with E-state index in [4.69, 9.17) is 17.2 Å². The molecule has 4 N–H and O–H groups in total. The van der Waals surface area contributed by atoms with Gasteiger partial charge in [-0.15, -0.1) is 0 Å². The molecule has 35 heavy (non-hydrogen) atoms. The number of rotatable bonds is 6. The fraction of sp³-hybridized carbons (Fsp3) is 0. The Morgan fingerprint density at radius 2 is 1.23 bits per heavy atom. The summed E-state index contributed by atoms with van der Waals surface area (Å²) in [6.07, 6.45) is 0. The highest BCUT2D eigenvalue weighted by molar-refractivity contribution is 7.92. The van der Waals surface area contributed by atoms with Gasteiger partial charge in [-0.25, -0.2) is 13.4 Å². The summed E-state index contributed by atoms with van der Waals surface area (Å²) in [6.45, 7) is 0. The van der Waals surface area contributed by atoms with E-state index in [9.17, 15) is 8.42 Å².